The van der Waals surface area contributed by atoms with Gasteiger partial charge in [-0.2, -0.15) is 0 Å². The first kappa shape index (κ1) is 18.4. The highest BCUT2D eigenvalue weighted by Gasteiger charge is 2.36. The molecule has 0 aromatic heterocycles. The van der Waals surface area contributed by atoms with Gasteiger partial charge in [0.25, 0.3) is 0 Å². The molecular formula is C12H19N2O7P. The lowest BCUT2D eigenvalue weighted by atomic mass is 10.1. The average Bonchev–Trinajstić information content (AvgIpc) is 2.47. The number of methoxy groups -OCH3 is 1. The second-order valence-electron chi connectivity index (χ2n) is 4.17. The van der Waals surface area contributed by atoms with E-state index in [1.54, 1.807) is 13.8 Å². The van der Waals surface area contributed by atoms with E-state index in [1.807, 2.05) is 0 Å². The van der Waals surface area contributed by atoms with E-state index in [2.05, 4.69) is 0 Å². The molecule has 1 atom stereocenters. The van der Waals surface area contributed by atoms with Gasteiger partial charge in [0.05, 0.1) is 25.2 Å². The van der Waals surface area contributed by atoms with Crippen LogP contribution in [0.15, 0.2) is 12.1 Å². The fraction of sp³-hybridized carbons (Fsp3) is 0.500. The summed E-state index contributed by atoms with van der Waals surface area (Å²) in [5, 5.41) is 20.7. The molecule has 0 fully saturated rings. The molecule has 0 spiro atoms. The van der Waals surface area contributed by atoms with Gasteiger partial charge in [-0.3, -0.25) is 14.7 Å². The van der Waals surface area contributed by atoms with Crippen LogP contribution in [0.2, 0.25) is 0 Å². The number of phenols is 1. The fourth-order valence-electron chi connectivity index (χ4n) is 1.82. The molecule has 1 rings (SSSR count). The van der Waals surface area contributed by atoms with Crippen LogP contribution in [0, 0.1) is 10.1 Å². The second-order valence-corrected chi connectivity index (χ2v) is 6.32. The molecule has 0 saturated carbocycles. The Balaban J connectivity index is 3.38. The zero-order valence-corrected chi connectivity index (χ0v) is 13.4. The number of nitrogens with zero attached hydrogens (tertiary/aromatic N) is 1. The van der Waals surface area contributed by atoms with Crippen molar-refractivity contribution in [2.24, 2.45) is 5.73 Å². The first-order chi connectivity index (χ1) is 10.3. The van der Waals surface area contributed by atoms with E-state index in [9.17, 15) is 19.8 Å². The first-order valence-corrected chi connectivity index (χ1v) is 8.11. The Morgan fingerprint density at radius 2 is 1.91 bits per heavy atom. The standard InChI is InChI=1S/C12H19N2O7P/c1-4-20-22(18,21-5-2)12(13)8-6-9(14(16)17)11(15)10(7-8)19-3/h6-7,12,15H,4-5,13H2,1-3H3/t12-/m0/s1. The predicted molar refractivity (Wildman–Crippen MR) is 79.1 cm³/mol. The van der Waals surface area contributed by atoms with Gasteiger partial charge in [-0.25, -0.2) is 0 Å². The van der Waals surface area contributed by atoms with Gasteiger partial charge in [0, 0.05) is 6.07 Å². The molecule has 0 unspecified atom stereocenters. The van der Waals surface area contributed by atoms with Crippen molar-refractivity contribution in [1.29, 1.82) is 0 Å². The molecule has 3 N–H and O–H groups in total. The minimum atomic E-state index is -3.71. The molecule has 0 heterocycles. The lowest BCUT2D eigenvalue weighted by Crippen LogP contribution is -2.15. The third-order valence-corrected chi connectivity index (χ3v) is 5.01. The molecule has 0 aliphatic heterocycles. The Morgan fingerprint density at radius 1 is 1.36 bits per heavy atom. The number of hydrogen-bond donors (Lipinski definition) is 2. The summed E-state index contributed by atoms with van der Waals surface area (Å²) in [5.74, 6) is -2.04. The molecule has 0 aliphatic carbocycles. The highest BCUT2D eigenvalue weighted by Crippen LogP contribution is 2.59. The summed E-state index contributed by atoms with van der Waals surface area (Å²) in [4.78, 5) is 10.2. The molecule has 9 nitrogen and oxygen atoms in total. The minimum Gasteiger partial charge on any atom is -0.500 e. The summed E-state index contributed by atoms with van der Waals surface area (Å²) in [7, 11) is -2.47. The zero-order chi connectivity index (χ0) is 16.9. The van der Waals surface area contributed by atoms with Crippen LogP contribution in [-0.4, -0.2) is 30.4 Å². The van der Waals surface area contributed by atoms with Crippen molar-refractivity contribution in [3.05, 3.63) is 27.8 Å². The van der Waals surface area contributed by atoms with E-state index in [0.29, 0.717) is 0 Å². The Labute approximate surface area is 127 Å². The number of nitro benzene ring substituents is 1. The van der Waals surface area contributed by atoms with Crippen molar-refractivity contribution < 1.29 is 28.4 Å². The van der Waals surface area contributed by atoms with Gasteiger partial charge in [-0.15, -0.1) is 0 Å². The summed E-state index contributed by atoms with van der Waals surface area (Å²) < 4.78 is 27.8. The molecule has 1 aromatic rings. The number of ether oxygens (including phenoxy) is 1. The van der Waals surface area contributed by atoms with E-state index in [0.717, 1.165) is 6.07 Å². The molecular weight excluding hydrogens is 315 g/mol. The van der Waals surface area contributed by atoms with Gasteiger partial charge in [-0.1, -0.05) is 0 Å². The molecule has 0 aliphatic rings. The van der Waals surface area contributed by atoms with Crippen LogP contribution in [0.25, 0.3) is 0 Å². The van der Waals surface area contributed by atoms with Crippen molar-refractivity contribution in [3.8, 4) is 11.5 Å². The second kappa shape index (κ2) is 7.55. The average molecular weight is 334 g/mol. The molecule has 124 valence electrons. The molecule has 0 radical (unpaired) electrons. The molecule has 22 heavy (non-hydrogen) atoms. The van der Waals surface area contributed by atoms with Gasteiger partial charge in [-0.05, 0) is 25.5 Å². The summed E-state index contributed by atoms with van der Waals surface area (Å²) in [6.07, 6.45) is 0. The molecule has 1 aromatic carbocycles. The van der Waals surface area contributed by atoms with Crippen LogP contribution < -0.4 is 10.5 Å². The molecule has 0 saturated heterocycles. The normalized spacial score (nSPS) is 12.9. The number of phenolic OH excluding ortho intramolecular Hbond substituents is 1. The highest BCUT2D eigenvalue weighted by molar-refractivity contribution is 7.54. The van der Waals surface area contributed by atoms with Crippen LogP contribution in [-0.2, 0) is 13.6 Å². The molecule has 0 amide bonds. The van der Waals surface area contributed by atoms with Crippen molar-refractivity contribution >= 4 is 13.3 Å². The minimum absolute atomic E-state index is 0.0995. The highest BCUT2D eigenvalue weighted by atomic mass is 31.2. The van der Waals surface area contributed by atoms with Gasteiger partial charge >= 0.3 is 13.3 Å². The SMILES string of the molecule is CCOP(=O)(OCC)[C@H](N)c1cc(OC)c(O)c([N+](=O)[O-])c1. The molecule has 0 bridgehead atoms. The smallest absolute Gasteiger partial charge is 0.351 e. The maximum absolute atomic E-state index is 12.6. The summed E-state index contributed by atoms with van der Waals surface area (Å²) >= 11 is 0. The monoisotopic (exact) mass is 334 g/mol. The van der Waals surface area contributed by atoms with Crippen molar-refractivity contribution in [2.75, 3.05) is 20.3 Å². The number of hydrogen-bond acceptors (Lipinski definition) is 8. The van der Waals surface area contributed by atoms with Crippen molar-refractivity contribution in [2.45, 2.75) is 19.6 Å². The summed E-state index contributed by atoms with van der Waals surface area (Å²) in [6.45, 7) is 3.45. The quantitative estimate of drug-likeness (QED) is 0.421. The van der Waals surface area contributed by atoms with Crippen molar-refractivity contribution in [1.82, 2.24) is 0 Å². The predicted octanol–water partition coefficient (Wildman–Crippen LogP) is 2.53. The Kier molecular flexibility index (Phi) is 6.31. The van der Waals surface area contributed by atoms with Crippen LogP contribution in [0.5, 0.6) is 11.5 Å². The van der Waals surface area contributed by atoms with E-state index in [1.165, 1.54) is 13.2 Å². The Hall–Kier alpha value is -1.67. The number of rotatable bonds is 8. The molecule has 10 heteroatoms. The van der Waals surface area contributed by atoms with Gasteiger partial charge in [0.15, 0.2) is 5.75 Å². The van der Waals surface area contributed by atoms with Crippen LogP contribution >= 0.6 is 7.60 Å². The van der Waals surface area contributed by atoms with Gasteiger partial charge in [0.2, 0.25) is 5.75 Å². The summed E-state index contributed by atoms with van der Waals surface area (Å²) in [5.41, 5.74) is 5.41. The maximum atomic E-state index is 12.6. The third kappa shape index (κ3) is 3.75. The first-order valence-electron chi connectivity index (χ1n) is 6.50. The van der Waals surface area contributed by atoms with Gasteiger partial charge < -0.3 is 24.6 Å². The summed E-state index contributed by atoms with van der Waals surface area (Å²) in [6, 6.07) is 2.28. The Morgan fingerprint density at radius 3 is 2.32 bits per heavy atom. The van der Waals surface area contributed by atoms with Crippen LogP contribution in [0.3, 0.4) is 0 Å². The van der Waals surface area contributed by atoms with E-state index in [4.69, 9.17) is 19.5 Å². The topological polar surface area (TPSA) is 134 Å². The zero-order valence-electron chi connectivity index (χ0n) is 12.5. The Bertz CT molecular complexity index is 583. The number of nitro groups is 1. The van der Waals surface area contributed by atoms with Crippen LogP contribution in [0.4, 0.5) is 5.69 Å². The van der Waals surface area contributed by atoms with E-state index >= 15 is 0 Å². The number of aromatic hydroxyl groups is 1. The van der Waals surface area contributed by atoms with Gasteiger partial charge in [0.1, 0.15) is 5.78 Å². The number of nitrogens with two attached hydrogens (primary N) is 1. The largest absolute Gasteiger partial charge is 0.500 e. The van der Waals surface area contributed by atoms with E-state index < -0.39 is 29.7 Å². The van der Waals surface area contributed by atoms with Crippen molar-refractivity contribution in [3.63, 3.8) is 0 Å². The van der Waals surface area contributed by atoms with Crippen LogP contribution in [0.1, 0.15) is 25.2 Å². The number of benzene rings is 1. The maximum Gasteiger partial charge on any atom is 0.351 e. The lowest BCUT2D eigenvalue weighted by molar-refractivity contribution is -0.386. The third-order valence-electron chi connectivity index (χ3n) is 2.79. The fourth-order valence-corrected chi connectivity index (χ4v) is 3.45. The lowest BCUT2D eigenvalue weighted by Gasteiger charge is -2.23. The van der Waals surface area contributed by atoms with E-state index in [-0.39, 0.29) is 24.5 Å².